The minimum absolute atomic E-state index is 0.174. The molecule has 0 aliphatic rings. The highest BCUT2D eigenvalue weighted by atomic mass is 79.9. The molecule has 0 aliphatic carbocycles. The minimum atomic E-state index is -1.00. The molecule has 0 fully saturated rings. The van der Waals surface area contributed by atoms with Crippen molar-refractivity contribution in [2.45, 2.75) is 0 Å². The summed E-state index contributed by atoms with van der Waals surface area (Å²) in [5, 5.41) is 9.03. The summed E-state index contributed by atoms with van der Waals surface area (Å²) < 4.78 is 13.9. The van der Waals surface area contributed by atoms with E-state index in [9.17, 15) is 9.18 Å². The number of rotatable bonds is 3. The van der Waals surface area contributed by atoms with Gasteiger partial charge in [-0.3, -0.25) is 0 Å². The average molecular weight is 324 g/mol. The van der Waals surface area contributed by atoms with Crippen molar-refractivity contribution in [3.63, 3.8) is 0 Å². The van der Waals surface area contributed by atoms with Gasteiger partial charge in [-0.15, -0.1) is 0 Å². The highest BCUT2D eigenvalue weighted by Crippen LogP contribution is 2.28. The van der Waals surface area contributed by atoms with Gasteiger partial charge in [0.25, 0.3) is 0 Å². The highest BCUT2D eigenvalue weighted by Gasteiger charge is 2.10. The lowest BCUT2D eigenvalue weighted by atomic mass is 10.2. The molecular weight excluding hydrogens is 313 g/mol. The molecule has 3 nitrogen and oxygen atoms in total. The van der Waals surface area contributed by atoms with Crippen LogP contribution in [0, 0.1) is 5.82 Å². The molecule has 1 N–H and O–H groups in total. The Bertz CT molecular complexity index is 631. The summed E-state index contributed by atoms with van der Waals surface area (Å²) >= 11 is 3.27. The van der Waals surface area contributed by atoms with E-state index in [2.05, 4.69) is 15.9 Å². The van der Waals surface area contributed by atoms with Crippen LogP contribution in [0.3, 0.4) is 0 Å². The van der Waals surface area contributed by atoms with Gasteiger partial charge in [0.2, 0.25) is 0 Å². The number of anilines is 2. The van der Waals surface area contributed by atoms with Crippen LogP contribution in [-0.4, -0.2) is 18.1 Å². The molecule has 0 radical (unpaired) electrons. The van der Waals surface area contributed by atoms with Crippen LogP contribution in [0.15, 0.2) is 46.9 Å². The van der Waals surface area contributed by atoms with Crippen molar-refractivity contribution in [3.8, 4) is 0 Å². The van der Waals surface area contributed by atoms with Gasteiger partial charge in [-0.25, -0.2) is 9.18 Å². The molecule has 0 heterocycles. The molecule has 0 saturated carbocycles. The van der Waals surface area contributed by atoms with Crippen molar-refractivity contribution < 1.29 is 14.3 Å². The molecule has 2 aromatic rings. The Labute approximate surface area is 118 Å². The Balaban J connectivity index is 2.43. The summed E-state index contributed by atoms with van der Waals surface area (Å²) in [5.41, 5.74) is 1.49. The number of carboxylic acid groups (broad SMARTS) is 1. The van der Waals surface area contributed by atoms with Gasteiger partial charge in [0.05, 0.1) is 5.56 Å². The highest BCUT2D eigenvalue weighted by molar-refractivity contribution is 9.10. The first-order valence-electron chi connectivity index (χ1n) is 5.50. The lowest BCUT2D eigenvalue weighted by Crippen LogP contribution is -2.10. The minimum Gasteiger partial charge on any atom is -0.478 e. The maximum Gasteiger partial charge on any atom is 0.335 e. The number of benzene rings is 2. The van der Waals surface area contributed by atoms with E-state index in [1.165, 1.54) is 24.3 Å². The van der Waals surface area contributed by atoms with Gasteiger partial charge in [-0.1, -0.05) is 22.0 Å². The number of carbonyl (C=O) groups is 1. The third-order valence-electron chi connectivity index (χ3n) is 2.71. The topological polar surface area (TPSA) is 40.5 Å². The van der Waals surface area contributed by atoms with E-state index >= 15 is 0 Å². The number of nitrogens with zero attached hydrogens (tertiary/aromatic N) is 1. The normalized spacial score (nSPS) is 10.3. The standard InChI is InChI=1S/C14H11BrFNO2/c1-17(12-4-2-3-11(16)8-12)13-6-9(14(18)19)5-10(15)7-13/h2-8H,1H3,(H,18,19). The van der Waals surface area contributed by atoms with E-state index in [0.717, 1.165) is 0 Å². The first-order valence-corrected chi connectivity index (χ1v) is 6.30. The monoisotopic (exact) mass is 323 g/mol. The van der Waals surface area contributed by atoms with Gasteiger partial charge in [0, 0.05) is 22.9 Å². The van der Waals surface area contributed by atoms with Gasteiger partial charge < -0.3 is 10.0 Å². The van der Waals surface area contributed by atoms with Gasteiger partial charge in [-0.2, -0.15) is 0 Å². The Morgan fingerprint density at radius 1 is 1.21 bits per heavy atom. The fourth-order valence-corrected chi connectivity index (χ4v) is 2.21. The van der Waals surface area contributed by atoms with Crippen LogP contribution < -0.4 is 4.90 Å². The van der Waals surface area contributed by atoms with E-state index in [-0.39, 0.29) is 11.4 Å². The van der Waals surface area contributed by atoms with Gasteiger partial charge >= 0.3 is 5.97 Å². The fourth-order valence-electron chi connectivity index (χ4n) is 1.73. The van der Waals surface area contributed by atoms with Gasteiger partial charge in [-0.05, 0) is 36.4 Å². The molecule has 19 heavy (non-hydrogen) atoms. The smallest absolute Gasteiger partial charge is 0.335 e. The van der Waals surface area contributed by atoms with Crippen molar-refractivity contribution >= 4 is 33.3 Å². The van der Waals surface area contributed by atoms with Crippen LogP contribution >= 0.6 is 15.9 Å². The molecule has 5 heteroatoms. The summed E-state index contributed by atoms with van der Waals surface area (Å²) in [6, 6.07) is 10.9. The van der Waals surface area contributed by atoms with Crippen LogP contribution in [0.25, 0.3) is 0 Å². The molecule has 0 atom stereocenters. The zero-order valence-corrected chi connectivity index (χ0v) is 11.7. The van der Waals surface area contributed by atoms with E-state index in [4.69, 9.17) is 5.11 Å². The number of halogens is 2. The van der Waals surface area contributed by atoms with Crippen molar-refractivity contribution in [3.05, 3.63) is 58.3 Å². The first kappa shape index (κ1) is 13.5. The Hall–Kier alpha value is -1.88. The lowest BCUT2D eigenvalue weighted by Gasteiger charge is -2.20. The predicted octanol–water partition coefficient (Wildman–Crippen LogP) is 4.05. The third kappa shape index (κ3) is 3.12. The van der Waals surface area contributed by atoms with Crippen LogP contribution in [0.2, 0.25) is 0 Å². The molecule has 0 aromatic heterocycles. The van der Waals surface area contributed by atoms with Crippen LogP contribution in [0.1, 0.15) is 10.4 Å². The second-order valence-electron chi connectivity index (χ2n) is 4.04. The fraction of sp³-hybridized carbons (Fsp3) is 0.0714. The van der Waals surface area contributed by atoms with E-state index in [1.54, 1.807) is 30.1 Å². The van der Waals surface area contributed by atoms with Crippen molar-refractivity contribution in [1.29, 1.82) is 0 Å². The Morgan fingerprint density at radius 2 is 1.95 bits per heavy atom. The molecular formula is C14H11BrFNO2. The molecule has 2 aromatic carbocycles. The SMILES string of the molecule is CN(c1cccc(F)c1)c1cc(Br)cc(C(=O)O)c1. The van der Waals surface area contributed by atoms with Crippen LogP contribution in [0.5, 0.6) is 0 Å². The van der Waals surface area contributed by atoms with Crippen molar-refractivity contribution in [2.75, 3.05) is 11.9 Å². The van der Waals surface area contributed by atoms with Crippen molar-refractivity contribution in [2.24, 2.45) is 0 Å². The third-order valence-corrected chi connectivity index (χ3v) is 3.17. The summed E-state index contributed by atoms with van der Waals surface area (Å²) in [6.07, 6.45) is 0. The molecule has 0 aliphatic heterocycles. The summed E-state index contributed by atoms with van der Waals surface area (Å²) in [7, 11) is 1.75. The second kappa shape index (κ2) is 5.40. The summed E-state index contributed by atoms with van der Waals surface area (Å²) in [4.78, 5) is 12.7. The lowest BCUT2D eigenvalue weighted by molar-refractivity contribution is 0.0697. The zero-order valence-electron chi connectivity index (χ0n) is 10.1. The Kier molecular flexibility index (Phi) is 3.85. The second-order valence-corrected chi connectivity index (χ2v) is 4.96. The molecule has 2 rings (SSSR count). The number of carboxylic acids is 1. The summed E-state index contributed by atoms with van der Waals surface area (Å²) in [6.45, 7) is 0. The zero-order chi connectivity index (χ0) is 14.0. The van der Waals surface area contributed by atoms with Gasteiger partial charge in [0.1, 0.15) is 5.82 Å². The number of hydrogen-bond donors (Lipinski definition) is 1. The average Bonchev–Trinajstić information content (AvgIpc) is 2.37. The molecule has 0 bridgehead atoms. The molecule has 98 valence electrons. The number of aromatic carboxylic acids is 1. The maximum absolute atomic E-state index is 13.2. The van der Waals surface area contributed by atoms with E-state index in [0.29, 0.717) is 15.8 Å². The van der Waals surface area contributed by atoms with E-state index < -0.39 is 5.97 Å². The van der Waals surface area contributed by atoms with Crippen LogP contribution in [-0.2, 0) is 0 Å². The maximum atomic E-state index is 13.2. The molecule has 0 saturated heterocycles. The molecule has 0 unspecified atom stereocenters. The molecule has 0 amide bonds. The quantitative estimate of drug-likeness (QED) is 0.926. The van der Waals surface area contributed by atoms with Crippen LogP contribution in [0.4, 0.5) is 15.8 Å². The Morgan fingerprint density at radius 3 is 2.58 bits per heavy atom. The molecule has 0 spiro atoms. The summed E-state index contributed by atoms with van der Waals surface area (Å²) in [5.74, 6) is -1.34. The van der Waals surface area contributed by atoms with Crippen molar-refractivity contribution in [1.82, 2.24) is 0 Å². The first-order chi connectivity index (χ1) is 8.97. The number of hydrogen-bond acceptors (Lipinski definition) is 2. The van der Waals surface area contributed by atoms with Gasteiger partial charge in [0.15, 0.2) is 0 Å². The van der Waals surface area contributed by atoms with E-state index in [1.807, 2.05) is 0 Å². The predicted molar refractivity (Wildman–Crippen MR) is 75.6 cm³/mol. The largest absolute Gasteiger partial charge is 0.478 e.